The Kier molecular flexibility index (Phi) is 5.28. The zero-order chi connectivity index (χ0) is 17.7. The van der Waals surface area contributed by atoms with E-state index in [1.165, 1.54) is 12.3 Å². The van der Waals surface area contributed by atoms with Gasteiger partial charge in [-0.2, -0.15) is 13.2 Å². The Morgan fingerprint density at radius 3 is 2.62 bits per heavy atom. The van der Waals surface area contributed by atoms with E-state index >= 15 is 0 Å². The minimum absolute atomic E-state index is 0.281. The van der Waals surface area contributed by atoms with Gasteiger partial charge in [0.2, 0.25) is 0 Å². The standard InChI is InChI=1S/C16H14F3NO4/c1-10(13-6-3-7-23-13)20-14(21)9-24-15(22)11-4-2-5-12(8-11)16(17,18)19/h2-8,10H,9H2,1H3,(H,20,21)/t10-/m0/s1. The molecule has 24 heavy (non-hydrogen) atoms. The lowest BCUT2D eigenvalue weighted by Gasteiger charge is -2.12. The van der Waals surface area contributed by atoms with Gasteiger partial charge in [-0.05, 0) is 37.3 Å². The Balaban J connectivity index is 1.90. The van der Waals surface area contributed by atoms with Crippen LogP contribution in [0.15, 0.2) is 47.1 Å². The second-order valence-electron chi connectivity index (χ2n) is 4.96. The molecule has 0 aliphatic heterocycles. The van der Waals surface area contributed by atoms with Crippen LogP contribution in [0, 0.1) is 0 Å². The van der Waals surface area contributed by atoms with Gasteiger partial charge >= 0.3 is 12.1 Å². The molecule has 0 aliphatic carbocycles. The lowest BCUT2D eigenvalue weighted by molar-refractivity contribution is -0.137. The number of ether oxygens (including phenoxy) is 1. The SMILES string of the molecule is C[C@H](NC(=O)COC(=O)c1cccc(C(F)(F)F)c1)c1ccco1. The molecule has 2 rings (SSSR count). The molecule has 1 amide bonds. The number of esters is 1. The summed E-state index contributed by atoms with van der Waals surface area (Å²) >= 11 is 0. The number of benzene rings is 1. The van der Waals surface area contributed by atoms with Crippen molar-refractivity contribution in [2.24, 2.45) is 0 Å². The average molecular weight is 341 g/mol. The van der Waals surface area contributed by atoms with Gasteiger partial charge in [0.1, 0.15) is 5.76 Å². The normalized spacial score (nSPS) is 12.5. The van der Waals surface area contributed by atoms with E-state index in [2.05, 4.69) is 5.32 Å². The highest BCUT2D eigenvalue weighted by molar-refractivity contribution is 5.91. The van der Waals surface area contributed by atoms with Crippen molar-refractivity contribution in [3.63, 3.8) is 0 Å². The first-order chi connectivity index (χ1) is 11.3. The molecule has 128 valence electrons. The molecule has 0 bridgehead atoms. The maximum absolute atomic E-state index is 12.6. The monoisotopic (exact) mass is 341 g/mol. The van der Waals surface area contributed by atoms with Crippen LogP contribution in [0.1, 0.15) is 34.6 Å². The number of rotatable bonds is 5. The first-order valence-electron chi connectivity index (χ1n) is 6.94. The molecule has 0 fully saturated rings. The molecule has 5 nitrogen and oxygen atoms in total. The number of hydrogen-bond acceptors (Lipinski definition) is 4. The first-order valence-corrected chi connectivity index (χ1v) is 6.94. The van der Waals surface area contributed by atoms with Crippen molar-refractivity contribution >= 4 is 11.9 Å². The summed E-state index contributed by atoms with van der Waals surface area (Å²) in [7, 11) is 0. The van der Waals surface area contributed by atoms with E-state index in [4.69, 9.17) is 9.15 Å². The summed E-state index contributed by atoms with van der Waals surface area (Å²) in [5.41, 5.74) is -1.25. The maximum Gasteiger partial charge on any atom is 0.416 e. The minimum Gasteiger partial charge on any atom is -0.467 e. The maximum atomic E-state index is 12.6. The number of nitrogens with one attached hydrogen (secondary N) is 1. The van der Waals surface area contributed by atoms with Crippen LogP contribution in [0.3, 0.4) is 0 Å². The van der Waals surface area contributed by atoms with Crippen molar-refractivity contribution in [1.29, 1.82) is 0 Å². The Bertz CT molecular complexity index is 710. The summed E-state index contributed by atoms with van der Waals surface area (Å²) in [5, 5.41) is 2.53. The van der Waals surface area contributed by atoms with E-state index in [0.29, 0.717) is 11.8 Å². The highest BCUT2D eigenvalue weighted by Gasteiger charge is 2.31. The molecule has 0 spiro atoms. The van der Waals surface area contributed by atoms with E-state index in [9.17, 15) is 22.8 Å². The zero-order valence-corrected chi connectivity index (χ0v) is 12.6. The van der Waals surface area contributed by atoms with Crippen molar-refractivity contribution in [2.45, 2.75) is 19.1 Å². The molecule has 1 heterocycles. The van der Waals surface area contributed by atoms with Crippen molar-refractivity contribution in [3.8, 4) is 0 Å². The van der Waals surface area contributed by atoms with Gasteiger partial charge in [-0.1, -0.05) is 6.07 Å². The number of carbonyl (C=O) groups excluding carboxylic acids is 2. The molecule has 1 aromatic carbocycles. The summed E-state index contributed by atoms with van der Waals surface area (Å²) in [5.74, 6) is -1.09. The molecule has 0 aliphatic rings. The Labute approximate surface area is 135 Å². The van der Waals surface area contributed by atoms with Crippen LogP contribution in [0.2, 0.25) is 0 Å². The Morgan fingerprint density at radius 2 is 2.00 bits per heavy atom. The average Bonchev–Trinajstić information content (AvgIpc) is 3.06. The summed E-state index contributed by atoms with van der Waals surface area (Å²) in [6, 6.07) is 6.69. The minimum atomic E-state index is -4.56. The fraction of sp³-hybridized carbons (Fsp3) is 0.250. The van der Waals surface area contributed by atoms with E-state index in [1.807, 2.05) is 0 Å². The van der Waals surface area contributed by atoms with Crippen molar-refractivity contribution in [3.05, 3.63) is 59.5 Å². The molecule has 2 aromatic rings. The predicted octanol–water partition coefficient (Wildman–Crippen LogP) is 3.33. The molecule has 1 atom stereocenters. The quantitative estimate of drug-likeness (QED) is 0.847. The fourth-order valence-electron chi connectivity index (χ4n) is 1.93. The van der Waals surface area contributed by atoms with E-state index in [0.717, 1.165) is 12.1 Å². The summed E-state index contributed by atoms with van der Waals surface area (Å²) in [4.78, 5) is 23.5. The second kappa shape index (κ2) is 7.20. The van der Waals surface area contributed by atoms with Gasteiger partial charge in [0, 0.05) is 0 Å². The smallest absolute Gasteiger partial charge is 0.416 e. The number of alkyl halides is 3. The van der Waals surface area contributed by atoms with Crippen LogP contribution in [0.4, 0.5) is 13.2 Å². The zero-order valence-electron chi connectivity index (χ0n) is 12.6. The van der Waals surface area contributed by atoms with Crippen LogP contribution in [-0.4, -0.2) is 18.5 Å². The van der Waals surface area contributed by atoms with Crippen molar-refractivity contribution < 1.29 is 31.9 Å². The summed E-state index contributed by atoms with van der Waals surface area (Å²) in [6.07, 6.45) is -3.11. The van der Waals surface area contributed by atoms with Gasteiger partial charge < -0.3 is 14.5 Å². The Morgan fingerprint density at radius 1 is 1.25 bits per heavy atom. The number of halogens is 3. The number of carbonyl (C=O) groups is 2. The van der Waals surface area contributed by atoms with Crippen LogP contribution in [0.5, 0.6) is 0 Å². The lowest BCUT2D eigenvalue weighted by Crippen LogP contribution is -2.31. The third-order valence-corrected chi connectivity index (χ3v) is 3.11. The van der Waals surface area contributed by atoms with E-state index in [1.54, 1.807) is 19.1 Å². The van der Waals surface area contributed by atoms with Gasteiger partial charge in [-0.3, -0.25) is 4.79 Å². The van der Waals surface area contributed by atoms with Gasteiger partial charge in [0.05, 0.1) is 23.4 Å². The third-order valence-electron chi connectivity index (χ3n) is 3.11. The van der Waals surface area contributed by atoms with Crippen molar-refractivity contribution in [1.82, 2.24) is 5.32 Å². The van der Waals surface area contributed by atoms with Gasteiger partial charge in [-0.15, -0.1) is 0 Å². The molecule has 1 N–H and O–H groups in total. The molecule has 8 heteroatoms. The molecular weight excluding hydrogens is 327 g/mol. The fourth-order valence-corrected chi connectivity index (χ4v) is 1.93. The molecule has 0 saturated carbocycles. The second-order valence-corrected chi connectivity index (χ2v) is 4.96. The lowest BCUT2D eigenvalue weighted by atomic mass is 10.1. The summed E-state index contributed by atoms with van der Waals surface area (Å²) < 4.78 is 47.6. The van der Waals surface area contributed by atoms with Gasteiger partial charge in [0.15, 0.2) is 6.61 Å². The molecular formula is C16H14F3NO4. The van der Waals surface area contributed by atoms with Crippen LogP contribution >= 0.6 is 0 Å². The van der Waals surface area contributed by atoms with Gasteiger partial charge in [0.25, 0.3) is 5.91 Å². The molecule has 0 radical (unpaired) electrons. The van der Waals surface area contributed by atoms with Gasteiger partial charge in [-0.25, -0.2) is 4.79 Å². The molecule has 0 unspecified atom stereocenters. The molecule has 1 aromatic heterocycles. The third kappa shape index (κ3) is 4.61. The highest BCUT2D eigenvalue weighted by atomic mass is 19.4. The molecule has 0 saturated heterocycles. The predicted molar refractivity (Wildman–Crippen MR) is 77.0 cm³/mol. The number of furan rings is 1. The highest BCUT2D eigenvalue weighted by Crippen LogP contribution is 2.29. The van der Waals surface area contributed by atoms with E-state index < -0.39 is 36.3 Å². The summed E-state index contributed by atoms with van der Waals surface area (Å²) in [6.45, 7) is 1.06. The Hall–Kier alpha value is -2.77. The van der Waals surface area contributed by atoms with Crippen molar-refractivity contribution in [2.75, 3.05) is 6.61 Å². The van der Waals surface area contributed by atoms with E-state index in [-0.39, 0.29) is 5.56 Å². The van der Waals surface area contributed by atoms with Crippen LogP contribution in [-0.2, 0) is 15.7 Å². The largest absolute Gasteiger partial charge is 0.467 e. The first kappa shape index (κ1) is 17.6. The topological polar surface area (TPSA) is 68.5 Å². The van der Waals surface area contributed by atoms with Crippen LogP contribution in [0.25, 0.3) is 0 Å². The number of amides is 1. The van der Waals surface area contributed by atoms with Crippen LogP contribution < -0.4 is 5.32 Å². The number of hydrogen-bond donors (Lipinski definition) is 1.